The number of fused-ring (bicyclic) bond motifs is 1. The maximum absolute atomic E-state index is 11.6. The topological polar surface area (TPSA) is 26.3 Å². The van der Waals surface area contributed by atoms with Crippen LogP contribution in [0.5, 0.6) is 5.75 Å². The lowest BCUT2D eigenvalue weighted by molar-refractivity contribution is 0.112. The van der Waals surface area contributed by atoms with E-state index in [1.165, 1.54) is 5.56 Å². The number of ether oxygens (including phenoxy) is 1. The molecular weight excluding hydrogens is 296 g/mol. The molecule has 0 fully saturated rings. The number of hydrogen-bond donors (Lipinski definition) is 0. The van der Waals surface area contributed by atoms with E-state index >= 15 is 0 Å². The van der Waals surface area contributed by atoms with Gasteiger partial charge in [0.1, 0.15) is 5.75 Å². The molecule has 3 aromatic carbocycles. The van der Waals surface area contributed by atoms with Crippen LogP contribution >= 0.6 is 0 Å². The van der Waals surface area contributed by atoms with Gasteiger partial charge in [-0.1, -0.05) is 67.6 Å². The van der Waals surface area contributed by atoms with Crippen molar-refractivity contribution in [3.05, 3.63) is 77.9 Å². The molecule has 1 unspecified atom stereocenters. The van der Waals surface area contributed by atoms with Gasteiger partial charge < -0.3 is 4.74 Å². The van der Waals surface area contributed by atoms with Crippen LogP contribution in [0.25, 0.3) is 10.8 Å². The van der Waals surface area contributed by atoms with Crippen molar-refractivity contribution in [2.45, 2.75) is 19.8 Å². The maximum Gasteiger partial charge on any atom is 0.154 e. The fourth-order valence-electron chi connectivity index (χ4n) is 3.00. The normalized spacial score (nSPS) is 12.0. The van der Waals surface area contributed by atoms with Crippen molar-refractivity contribution < 1.29 is 9.53 Å². The fourth-order valence-corrected chi connectivity index (χ4v) is 3.00. The van der Waals surface area contributed by atoms with Crippen molar-refractivity contribution in [1.82, 2.24) is 0 Å². The summed E-state index contributed by atoms with van der Waals surface area (Å²) in [5, 5.41) is 2.00. The molecule has 0 heterocycles. The number of hydrogen-bond acceptors (Lipinski definition) is 2. The van der Waals surface area contributed by atoms with Crippen LogP contribution in [0.2, 0.25) is 0 Å². The predicted octanol–water partition coefficient (Wildman–Crippen LogP) is 5.30. The van der Waals surface area contributed by atoms with Crippen molar-refractivity contribution >= 4 is 17.1 Å². The Morgan fingerprint density at radius 1 is 0.958 bits per heavy atom. The monoisotopic (exact) mass is 318 g/mol. The summed E-state index contributed by atoms with van der Waals surface area (Å²) in [6.45, 7) is 2.79. The molecule has 2 nitrogen and oxygen atoms in total. The van der Waals surface area contributed by atoms with E-state index < -0.39 is 0 Å². The zero-order valence-corrected chi connectivity index (χ0v) is 13.9. The Hall–Kier alpha value is -2.61. The minimum Gasteiger partial charge on any atom is -0.493 e. The summed E-state index contributed by atoms with van der Waals surface area (Å²) in [6.07, 6.45) is 2.93. The lowest BCUT2D eigenvalue weighted by atomic mass is 9.98. The van der Waals surface area contributed by atoms with Gasteiger partial charge in [0.2, 0.25) is 0 Å². The van der Waals surface area contributed by atoms with Crippen molar-refractivity contribution in [2.75, 3.05) is 6.61 Å². The molecule has 0 bridgehead atoms. The molecule has 122 valence electrons. The summed E-state index contributed by atoms with van der Waals surface area (Å²) in [5.74, 6) is 1.11. The molecular formula is C22H22O2. The van der Waals surface area contributed by atoms with E-state index in [2.05, 4.69) is 31.2 Å². The van der Waals surface area contributed by atoms with Crippen LogP contribution in [-0.4, -0.2) is 12.9 Å². The van der Waals surface area contributed by atoms with Crippen LogP contribution in [0, 0.1) is 5.92 Å². The van der Waals surface area contributed by atoms with E-state index in [0.717, 1.165) is 29.9 Å². The standard InChI is InChI=1S/C22H22O2/c1-2-17(14-18-8-4-3-5-9-18)16-24-22-13-12-19-10-6-7-11-20(19)21(22)15-23/h3-13,15,17H,2,14,16H2,1H3. The predicted molar refractivity (Wildman–Crippen MR) is 98.8 cm³/mol. The summed E-state index contributed by atoms with van der Waals surface area (Å²) >= 11 is 0. The summed E-state index contributed by atoms with van der Waals surface area (Å²) in [6, 6.07) is 22.3. The number of rotatable bonds is 7. The third-order valence-corrected chi connectivity index (χ3v) is 4.47. The molecule has 0 aliphatic heterocycles. The molecule has 0 aromatic heterocycles. The Labute approximate surface area is 143 Å². The van der Waals surface area contributed by atoms with E-state index in [1.807, 2.05) is 42.5 Å². The molecule has 3 aromatic rings. The van der Waals surface area contributed by atoms with Gasteiger partial charge in [-0.25, -0.2) is 0 Å². The third-order valence-electron chi connectivity index (χ3n) is 4.47. The zero-order valence-electron chi connectivity index (χ0n) is 13.9. The van der Waals surface area contributed by atoms with Gasteiger partial charge >= 0.3 is 0 Å². The lowest BCUT2D eigenvalue weighted by Gasteiger charge is -2.17. The van der Waals surface area contributed by atoms with Gasteiger partial charge in [-0.3, -0.25) is 4.79 Å². The van der Waals surface area contributed by atoms with Crippen molar-refractivity contribution in [1.29, 1.82) is 0 Å². The molecule has 1 atom stereocenters. The Bertz CT molecular complexity index is 809. The molecule has 0 aliphatic carbocycles. The number of aldehydes is 1. The Kier molecular flexibility index (Phi) is 5.27. The maximum atomic E-state index is 11.6. The molecule has 24 heavy (non-hydrogen) atoms. The van der Waals surface area contributed by atoms with Crippen LogP contribution in [0.3, 0.4) is 0 Å². The van der Waals surface area contributed by atoms with Crippen molar-refractivity contribution in [2.24, 2.45) is 5.92 Å². The minimum absolute atomic E-state index is 0.429. The van der Waals surface area contributed by atoms with Gasteiger partial charge in [-0.2, -0.15) is 0 Å². The summed E-state index contributed by atoms with van der Waals surface area (Å²) < 4.78 is 6.03. The zero-order chi connectivity index (χ0) is 16.8. The Balaban J connectivity index is 1.75. The van der Waals surface area contributed by atoms with Gasteiger partial charge in [-0.05, 0) is 41.2 Å². The van der Waals surface area contributed by atoms with Gasteiger partial charge in [0.15, 0.2) is 6.29 Å². The SMILES string of the molecule is CCC(COc1ccc2ccccc2c1C=O)Cc1ccccc1. The van der Waals surface area contributed by atoms with E-state index in [0.29, 0.717) is 23.8 Å². The van der Waals surface area contributed by atoms with Gasteiger partial charge in [0.05, 0.1) is 12.2 Å². The fraction of sp³-hybridized carbons (Fsp3) is 0.227. The van der Waals surface area contributed by atoms with Crippen LogP contribution in [-0.2, 0) is 6.42 Å². The number of carbonyl (C=O) groups is 1. The van der Waals surface area contributed by atoms with Crippen molar-refractivity contribution in [3.8, 4) is 5.75 Å². The van der Waals surface area contributed by atoms with E-state index in [4.69, 9.17) is 4.74 Å². The second-order valence-corrected chi connectivity index (χ2v) is 6.09. The highest BCUT2D eigenvalue weighted by Gasteiger charge is 2.12. The lowest BCUT2D eigenvalue weighted by Crippen LogP contribution is -2.14. The molecule has 0 radical (unpaired) electrons. The molecule has 0 spiro atoms. The largest absolute Gasteiger partial charge is 0.493 e. The molecule has 3 rings (SSSR count). The molecule has 0 amide bonds. The Morgan fingerprint density at radius 3 is 2.46 bits per heavy atom. The minimum atomic E-state index is 0.429. The third kappa shape index (κ3) is 3.65. The quantitative estimate of drug-likeness (QED) is 0.553. The highest BCUT2D eigenvalue weighted by molar-refractivity contribution is 6.00. The van der Waals surface area contributed by atoms with Gasteiger partial charge in [0, 0.05) is 0 Å². The average molecular weight is 318 g/mol. The second-order valence-electron chi connectivity index (χ2n) is 6.09. The first kappa shape index (κ1) is 16.3. The van der Waals surface area contributed by atoms with E-state index in [9.17, 15) is 4.79 Å². The molecule has 0 saturated carbocycles. The molecule has 0 aliphatic rings. The highest BCUT2D eigenvalue weighted by Crippen LogP contribution is 2.27. The molecule has 0 N–H and O–H groups in total. The molecule has 2 heteroatoms. The molecule has 0 saturated heterocycles. The van der Waals surface area contributed by atoms with Gasteiger partial charge in [-0.15, -0.1) is 0 Å². The average Bonchev–Trinajstić information content (AvgIpc) is 2.65. The highest BCUT2D eigenvalue weighted by atomic mass is 16.5. The summed E-state index contributed by atoms with van der Waals surface area (Å²) in [5.41, 5.74) is 1.96. The number of benzene rings is 3. The first-order valence-corrected chi connectivity index (χ1v) is 8.45. The number of carbonyl (C=O) groups excluding carboxylic acids is 1. The van der Waals surface area contributed by atoms with Crippen LogP contribution < -0.4 is 4.74 Å². The second kappa shape index (κ2) is 7.78. The van der Waals surface area contributed by atoms with E-state index in [1.54, 1.807) is 0 Å². The van der Waals surface area contributed by atoms with E-state index in [-0.39, 0.29) is 0 Å². The smallest absolute Gasteiger partial charge is 0.154 e. The van der Waals surface area contributed by atoms with Gasteiger partial charge in [0.25, 0.3) is 0 Å². The summed E-state index contributed by atoms with van der Waals surface area (Å²) in [4.78, 5) is 11.6. The first-order chi connectivity index (χ1) is 11.8. The van der Waals surface area contributed by atoms with Crippen LogP contribution in [0.4, 0.5) is 0 Å². The van der Waals surface area contributed by atoms with Crippen LogP contribution in [0.1, 0.15) is 29.3 Å². The summed E-state index contributed by atoms with van der Waals surface area (Å²) in [7, 11) is 0. The van der Waals surface area contributed by atoms with Crippen LogP contribution in [0.15, 0.2) is 66.7 Å². The van der Waals surface area contributed by atoms with Crippen molar-refractivity contribution in [3.63, 3.8) is 0 Å². The Morgan fingerprint density at radius 2 is 1.71 bits per heavy atom. The first-order valence-electron chi connectivity index (χ1n) is 8.45.